The van der Waals surface area contributed by atoms with E-state index < -0.39 is 11.7 Å². The summed E-state index contributed by atoms with van der Waals surface area (Å²) >= 11 is 5.47. The van der Waals surface area contributed by atoms with Gasteiger partial charge in [0.25, 0.3) is 5.91 Å². The van der Waals surface area contributed by atoms with Gasteiger partial charge in [-0.1, -0.05) is 23.6 Å². The average molecular weight is 198 g/mol. The molecule has 0 aliphatic heterocycles. The molecule has 0 heterocycles. The minimum atomic E-state index is -0.806. The number of benzene rings is 1. The Bertz CT molecular complexity index is 406. The maximum absolute atomic E-state index is 13.1. The van der Waals surface area contributed by atoms with E-state index in [1.807, 2.05) is 5.92 Å². The molecule has 1 rings (SSSR count). The highest BCUT2D eigenvalue weighted by Gasteiger charge is 2.02. The van der Waals surface area contributed by atoms with E-state index in [1.165, 1.54) is 18.2 Å². The Kier molecular flexibility index (Phi) is 2.88. The van der Waals surface area contributed by atoms with Crippen molar-refractivity contribution < 1.29 is 9.18 Å². The van der Waals surface area contributed by atoms with Gasteiger partial charge in [-0.2, -0.15) is 0 Å². The van der Waals surface area contributed by atoms with E-state index in [2.05, 4.69) is 5.92 Å². The van der Waals surface area contributed by atoms with Crippen LogP contribution in [0.4, 0.5) is 4.39 Å². The van der Waals surface area contributed by atoms with E-state index >= 15 is 0 Å². The van der Waals surface area contributed by atoms with Gasteiger partial charge in [-0.15, -0.1) is 0 Å². The summed E-state index contributed by atoms with van der Waals surface area (Å²) in [6.45, 7) is 0. The highest BCUT2D eigenvalue weighted by Crippen LogP contribution is 2.16. The van der Waals surface area contributed by atoms with Gasteiger partial charge in [0.2, 0.25) is 0 Å². The molecule has 1 aromatic rings. The molecule has 0 bridgehead atoms. The van der Waals surface area contributed by atoms with Crippen molar-refractivity contribution in [3.05, 3.63) is 34.6 Å². The largest absolute Gasteiger partial charge is 0.359 e. The van der Waals surface area contributed by atoms with Gasteiger partial charge >= 0.3 is 0 Å². The van der Waals surface area contributed by atoms with Crippen LogP contribution < -0.4 is 5.73 Å². The minimum Gasteiger partial charge on any atom is -0.359 e. The number of carbonyl (C=O) groups is 1. The third kappa shape index (κ3) is 2.46. The monoisotopic (exact) mass is 197 g/mol. The molecule has 0 unspecified atom stereocenters. The second-order valence-corrected chi connectivity index (χ2v) is 2.62. The van der Waals surface area contributed by atoms with E-state index in [-0.39, 0.29) is 10.6 Å². The Hall–Kier alpha value is -1.53. The van der Waals surface area contributed by atoms with E-state index in [9.17, 15) is 9.18 Å². The summed E-state index contributed by atoms with van der Waals surface area (Å²) in [6.07, 6.45) is 0. The summed E-state index contributed by atoms with van der Waals surface area (Å²) in [5.41, 5.74) is 4.82. The summed E-state index contributed by atoms with van der Waals surface area (Å²) in [7, 11) is 0. The third-order valence-corrected chi connectivity index (χ3v) is 1.56. The molecular weight excluding hydrogens is 193 g/mol. The van der Waals surface area contributed by atoms with Crippen molar-refractivity contribution in [3.63, 3.8) is 0 Å². The highest BCUT2D eigenvalue weighted by molar-refractivity contribution is 6.30. The lowest BCUT2D eigenvalue weighted by Crippen LogP contribution is -2.06. The molecule has 0 radical (unpaired) electrons. The van der Waals surface area contributed by atoms with Crippen LogP contribution in [0.3, 0.4) is 0 Å². The molecule has 66 valence electrons. The van der Waals surface area contributed by atoms with Gasteiger partial charge in [0, 0.05) is 5.92 Å². The van der Waals surface area contributed by atoms with Gasteiger partial charge in [0.1, 0.15) is 0 Å². The molecule has 0 aromatic heterocycles. The smallest absolute Gasteiger partial charge is 0.293 e. The molecule has 2 nitrogen and oxygen atoms in total. The third-order valence-electron chi connectivity index (χ3n) is 1.27. The molecule has 13 heavy (non-hydrogen) atoms. The molecule has 4 heteroatoms. The standard InChI is InChI=1S/C9H5ClFNO/c10-7-3-1-2-6(9(7)11)4-5-8(12)13/h1-3H,(H2,12,13). The number of nitrogens with two attached hydrogens (primary N) is 1. The zero-order valence-corrected chi connectivity index (χ0v) is 7.23. The van der Waals surface area contributed by atoms with Gasteiger partial charge in [0.15, 0.2) is 5.82 Å². The minimum absolute atomic E-state index is 0.0312. The van der Waals surface area contributed by atoms with Crippen LogP contribution >= 0.6 is 11.6 Å². The Morgan fingerprint density at radius 3 is 2.85 bits per heavy atom. The first kappa shape index (κ1) is 9.56. The van der Waals surface area contributed by atoms with Crippen LogP contribution in [0.15, 0.2) is 18.2 Å². The Balaban J connectivity index is 3.11. The predicted octanol–water partition coefficient (Wildman–Crippen LogP) is 1.32. The topological polar surface area (TPSA) is 43.1 Å². The van der Waals surface area contributed by atoms with Crippen molar-refractivity contribution >= 4 is 17.5 Å². The van der Waals surface area contributed by atoms with E-state index in [1.54, 1.807) is 0 Å². The molecule has 0 fully saturated rings. The number of amides is 1. The zero-order valence-electron chi connectivity index (χ0n) is 6.47. The predicted molar refractivity (Wildman–Crippen MR) is 47.5 cm³/mol. The summed E-state index contributed by atoms with van der Waals surface area (Å²) in [5, 5.41) is -0.0312. The number of rotatable bonds is 0. The first-order chi connectivity index (χ1) is 6.11. The van der Waals surface area contributed by atoms with Crippen LogP contribution in [-0.2, 0) is 4.79 Å². The Labute approximate surface area is 79.5 Å². The van der Waals surface area contributed by atoms with Crippen LogP contribution in [0.2, 0.25) is 5.02 Å². The fraction of sp³-hybridized carbons (Fsp3) is 0. The molecule has 0 saturated heterocycles. The average Bonchev–Trinajstić information content (AvgIpc) is 2.07. The maximum atomic E-state index is 13.1. The van der Waals surface area contributed by atoms with Gasteiger partial charge in [-0.3, -0.25) is 4.79 Å². The van der Waals surface area contributed by atoms with Gasteiger partial charge < -0.3 is 5.73 Å². The van der Waals surface area contributed by atoms with E-state index in [0.717, 1.165) is 0 Å². The molecule has 0 saturated carbocycles. The lowest BCUT2D eigenvalue weighted by Gasteiger charge is -1.94. The Morgan fingerprint density at radius 1 is 1.54 bits per heavy atom. The van der Waals surface area contributed by atoms with E-state index in [0.29, 0.717) is 0 Å². The molecule has 0 aliphatic carbocycles. The second kappa shape index (κ2) is 3.92. The van der Waals surface area contributed by atoms with Gasteiger partial charge in [0.05, 0.1) is 10.6 Å². The van der Waals surface area contributed by atoms with E-state index in [4.69, 9.17) is 17.3 Å². The van der Waals surface area contributed by atoms with Crippen molar-refractivity contribution in [2.75, 3.05) is 0 Å². The number of carbonyl (C=O) groups excluding carboxylic acids is 1. The molecular formula is C9H5ClFNO. The molecule has 1 aromatic carbocycles. The summed E-state index contributed by atoms with van der Waals surface area (Å²) in [6, 6.07) is 4.35. The fourth-order valence-corrected chi connectivity index (χ4v) is 0.904. The highest BCUT2D eigenvalue weighted by atomic mass is 35.5. The first-order valence-corrected chi connectivity index (χ1v) is 3.74. The van der Waals surface area contributed by atoms with Crippen molar-refractivity contribution in [1.29, 1.82) is 0 Å². The molecule has 0 spiro atoms. The second-order valence-electron chi connectivity index (χ2n) is 2.22. The maximum Gasteiger partial charge on any atom is 0.293 e. The van der Waals surface area contributed by atoms with Crippen LogP contribution in [0.1, 0.15) is 5.56 Å². The van der Waals surface area contributed by atoms with Crippen molar-refractivity contribution in [2.45, 2.75) is 0 Å². The van der Waals surface area contributed by atoms with Crippen LogP contribution in [0, 0.1) is 17.7 Å². The molecule has 1 amide bonds. The normalized spacial score (nSPS) is 8.77. The summed E-state index contributed by atoms with van der Waals surface area (Å²) in [4.78, 5) is 10.3. The van der Waals surface area contributed by atoms with Crippen molar-refractivity contribution in [3.8, 4) is 11.8 Å². The number of halogens is 2. The van der Waals surface area contributed by atoms with Crippen LogP contribution in [-0.4, -0.2) is 5.91 Å². The Morgan fingerprint density at radius 2 is 2.23 bits per heavy atom. The molecule has 2 N–H and O–H groups in total. The SMILES string of the molecule is NC(=O)C#Cc1cccc(Cl)c1F. The van der Waals surface area contributed by atoms with Gasteiger partial charge in [-0.25, -0.2) is 4.39 Å². The van der Waals surface area contributed by atoms with Gasteiger partial charge in [-0.05, 0) is 12.1 Å². The summed E-state index contributed by atoms with van der Waals surface area (Å²) < 4.78 is 13.1. The van der Waals surface area contributed by atoms with Crippen molar-refractivity contribution in [2.24, 2.45) is 5.73 Å². The lowest BCUT2D eigenvalue weighted by molar-refractivity contribution is -0.112. The lowest BCUT2D eigenvalue weighted by atomic mass is 10.2. The zero-order chi connectivity index (χ0) is 9.84. The summed E-state index contributed by atoms with van der Waals surface area (Å²) in [5.74, 6) is 2.84. The number of hydrogen-bond donors (Lipinski definition) is 1. The van der Waals surface area contributed by atoms with Crippen LogP contribution in [0.5, 0.6) is 0 Å². The molecule has 0 atom stereocenters. The van der Waals surface area contributed by atoms with Crippen molar-refractivity contribution in [1.82, 2.24) is 0 Å². The quantitative estimate of drug-likeness (QED) is 0.627. The first-order valence-electron chi connectivity index (χ1n) is 3.36. The molecule has 0 aliphatic rings. The number of primary amides is 1. The van der Waals surface area contributed by atoms with Crippen LogP contribution in [0.25, 0.3) is 0 Å². The number of hydrogen-bond acceptors (Lipinski definition) is 1. The fourth-order valence-electron chi connectivity index (χ4n) is 0.729.